The van der Waals surface area contributed by atoms with Crippen molar-refractivity contribution in [2.75, 3.05) is 18.8 Å². The third-order valence-electron chi connectivity index (χ3n) is 3.69. The molecule has 1 saturated heterocycles. The summed E-state index contributed by atoms with van der Waals surface area (Å²) in [7, 11) is -3.30. The summed E-state index contributed by atoms with van der Waals surface area (Å²) in [6, 6.07) is 8.07. The van der Waals surface area contributed by atoms with Crippen LogP contribution in [0, 0.1) is 0 Å². The highest BCUT2D eigenvalue weighted by atomic mass is 32.2. The van der Waals surface area contributed by atoms with Crippen LogP contribution in [-0.4, -0.2) is 44.1 Å². The lowest BCUT2D eigenvalue weighted by Gasteiger charge is -2.33. The number of sulfone groups is 1. The quantitative estimate of drug-likeness (QED) is 0.871. The van der Waals surface area contributed by atoms with E-state index in [1.807, 2.05) is 4.90 Å². The van der Waals surface area contributed by atoms with Crippen LogP contribution in [0.25, 0.3) is 0 Å². The van der Waals surface area contributed by atoms with E-state index in [1.54, 1.807) is 30.3 Å². The zero-order valence-electron chi connectivity index (χ0n) is 11.4. The Morgan fingerprint density at radius 2 is 1.95 bits per heavy atom. The second kappa shape index (κ2) is 6.37. The van der Waals surface area contributed by atoms with E-state index in [0.29, 0.717) is 11.4 Å². The number of primary amides is 1. The Balaban J connectivity index is 2.02. The second-order valence-corrected chi connectivity index (χ2v) is 7.19. The minimum Gasteiger partial charge on any atom is -0.368 e. The van der Waals surface area contributed by atoms with E-state index in [4.69, 9.17) is 5.73 Å². The van der Waals surface area contributed by atoms with Gasteiger partial charge in [-0.05, 0) is 31.5 Å². The van der Waals surface area contributed by atoms with Crippen LogP contribution in [0.4, 0.5) is 0 Å². The van der Waals surface area contributed by atoms with Crippen LogP contribution in [0.2, 0.25) is 0 Å². The molecule has 1 aliphatic heterocycles. The van der Waals surface area contributed by atoms with Gasteiger partial charge in [0.25, 0.3) is 0 Å². The average molecular weight is 296 g/mol. The molecule has 110 valence electrons. The molecule has 1 heterocycles. The van der Waals surface area contributed by atoms with Crippen molar-refractivity contribution in [1.29, 1.82) is 0 Å². The number of benzene rings is 1. The number of nitrogens with zero attached hydrogens (tertiary/aromatic N) is 1. The first-order chi connectivity index (χ1) is 9.50. The van der Waals surface area contributed by atoms with Gasteiger partial charge in [-0.2, -0.15) is 0 Å². The zero-order chi connectivity index (χ0) is 14.6. The maximum Gasteiger partial charge on any atom is 0.234 e. The number of hydrogen-bond donors (Lipinski definition) is 1. The maximum atomic E-state index is 12.2. The first-order valence-electron chi connectivity index (χ1n) is 6.82. The van der Waals surface area contributed by atoms with Gasteiger partial charge in [-0.3, -0.25) is 9.69 Å². The molecule has 0 aromatic heterocycles. The molecule has 0 bridgehead atoms. The van der Waals surface area contributed by atoms with Gasteiger partial charge in [-0.15, -0.1) is 0 Å². The first-order valence-corrected chi connectivity index (χ1v) is 8.47. The molecule has 2 N–H and O–H groups in total. The molecule has 0 saturated carbocycles. The SMILES string of the molecule is NC(=O)C1CCCCN1CCS(=O)(=O)c1ccccc1. The Kier molecular flexibility index (Phi) is 4.77. The summed E-state index contributed by atoms with van der Waals surface area (Å²) < 4.78 is 24.4. The van der Waals surface area contributed by atoms with Crippen molar-refractivity contribution in [3.8, 4) is 0 Å². The summed E-state index contributed by atoms with van der Waals surface area (Å²) in [6.45, 7) is 1.09. The summed E-state index contributed by atoms with van der Waals surface area (Å²) in [6.07, 6.45) is 2.67. The molecule has 5 nitrogen and oxygen atoms in total. The Hall–Kier alpha value is -1.40. The topological polar surface area (TPSA) is 80.5 Å². The Bertz CT molecular complexity index is 557. The molecule has 1 aromatic carbocycles. The molecule has 6 heteroatoms. The van der Waals surface area contributed by atoms with E-state index in [0.717, 1.165) is 25.8 Å². The van der Waals surface area contributed by atoms with Crippen molar-refractivity contribution in [1.82, 2.24) is 4.90 Å². The molecule has 1 fully saturated rings. The van der Waals surface area contributed by atoms with Crippen molar-refractivity contribution in [2.24, 2.45) is 5.73 Å². The van der Waals surface area contributed by atoms with E-state index in [2.05, 4.69) is 0 Å². The zero-order valence-corrected chi connectivity index (χ0v) is 12.2. The second-order valence-electron chi connectivity index (χ2n) is 5.08. The number of nitrogens with two attached hydrogens (primary N) is 1. The molecular formula is C14H20N2O3S. The number of likely N-dealkylation sites (tertiary alicyclic amines) is 1. The van der Waals surface area contributed by atoms with Gasteiger partial charge in [0, 0.05) is 6.54 Å². The van der Waals surface area contributed by atoms with Gasteiger partial charge in [0.05, 0.1) is 16.7 Å². The monoisotopic (exact) mass is 296 g/mol. The Morgan fingerprint density at radius 3 is 2.60 bits per heavy atom. The third kappa shape index (κ3) is 3.58. The summed E-state index contributed by atoms with van der Waals surface area (Å²) in [5, 5.41) is 0. The molecular weight excluding hydrogens is 276 g/mol. The lowest BCUT2D eigenvalue weighted by molar-refractivity contribution is -0.124. The maximum absolute atomic E-state index is 12.2. The number of rotatable bonds is 5. The fraction of sp³-hybridized carbons (Fsp3) is 0.500. The minimum atomic E-state index is -3.30. The van der Waals surface area contributed by atoms with E-state index >= 15 is 0 Å². The minimum absolute atomic E-state index is 0.0147. The van der Waals surface area contributed by atoms with Crippen LogP contribution < -0.4 is 5.73 Å². The standard InChI is InChI=1S/C14H20N2O3S/c15-14(17)13-8-4-5-9-16(13)10-11-20(18,19)12-6-2-1-3-7-12/h1-3,6-7,13H,4-5,8-11H2,(H2,15,17). The largest absolute Gasteiger partial charge is 0.368 e. The molecule has 2 rings (SSSR count). The molecule has 0 spiro atoms. The van der Waals surface area contributed by atoms with Crippen molar-refractivity contribution in [3.05, 3.63) is 30.3 Å². The summed E-state index contributed by atoms with van der Waals surface area (Å²) in [5.41, 5.74) is 5.38. The van der Waals surface area contributed by atoms with Gasteiger partial charge < -0.3 is 5.73 Å². The predicted octanol–water partition coefficient (Wildman–Crippen LogP) is 0.800. The van der Waals surface area contributed by atoms with Crippen LogP contribution in [0.1, 0.15) is 19.3 Å². The van der Waals surface area contributed by atoms with Gasteiger partial charge in [0.15, 0.2) is 9.84 Å². The molecule has 1 amide bonds. The van der Waals surface area contributed by atoms with Crippen LogP contribution in [0.3, 0.4) is 0 Å². The normalized spacial score (nSPS) is 20.7. The molecule has 0 radical (unpaired) electrons. The highest BCUT2D eigenvalue weighted by Crippen LogP contribution is 2.18. The fourth-order valence-electron chi connectivity index (χ4n) is 2.56. The van der Waals surface area contributed by atoms with E-state index in [9.17, 15) is 13.2 Å². The van der Waals surface area contributed by atoms with Crippen LogP contribution in [0.15, 0.2) is 35.2 Å². The van der Waals surface area contributed by atoms with Gasteiger partial charge in [0.1, 0.15) is 0 Å². The predicted molar refractivity (Wildman–Crippen MR) is 76.9 cm³/mol. The average Bonchev–Trinajstić information content (AvgIpc) is 2.46. The highest BCUT2D eigenvalue weighted by Gasteiger charge is 2.28. The fourth-order valence-corrected chi connectivity index (χ4v) is 3.85. The first kappa shape index (κ1) is 15.0. The summed E-state index contributed by atoms with van der Waals surface area (Å²) >= 11 is 0. The third-order valence-corrected chi connectivity index (χ3v) is 5.40. The molecule has 20 heavy (non-hydrogen) atoms. The lowest BCUT2D eigenvalue weighted by Crippen LogP contribution is -2.49. The number of carbonyl (C=O) groups is 1. The lowest BCUT2D eigenvalue weighted by atomic mass is 10.0. The number of piperidine rings is 1. The van der Waals surface area contributed by atoms with Crippen LogP contribution in [-0.2, 0) is 14.6 Å². The van der Waals surface area contributed by atoms with E-state index in [-0.39, 0.29) is 17.7 Å². The molecule has 0 aliphatic carbocycles. The van der Waals surface area contributed by atoms with Gasteiger partial charge in [-0.1, -0.05) is 24.6 Å². The van der Waals surface area contributed by atoms with Crippen molar-refractivity contribution in [2.45, 2.75) is 30.2 Å². The smallest absolute Gasteiger partial charge is 0.234 e. The summed E-state index contributed by atoms with van der Waals surface area (Å²) in [5.74, 6) is -0.345. The van der Waals surface area contributed by atoms with Crippen molar-refractivity contribution >= 4 is 15.7 Å². The van der Waals surface area contributed by atoms with Crippen molar-refractivity contribution in [3.63, 3.8) is 0 Å². The van der Waals surface area contributed by atoms with E-state index < -0.39 is 9.84 Å². The van der Waals surface area contributed by atoms with Crippen molar-refractivity contribution < 1.29 is 13.2 Å². The number of amides is 1. The number of carbonyl (C=O) groups excluding carboxylic acids is 1. The molecule has 1 aromatic rings. The number of hydrogen-bond acceptors (Lipinski definition) is 4. The molecule has 1 atom stereocenters. The Labute approximate surface area is 119 Å². The van der Waals surface area contributed by atoms with Gasteiger partial charge in [0.2, 0.25) is 5.91 Å². The van der Waals surface area contributed by atoms with Crippen LogP contribution in [0.5, 0.6) is 0 Å². The molecule has 1 aliphatic rings. The highest BCUT2D eigenvalue weighted by molar-refractivity contribution is 7.91. The summed E-state index contributed by atoms with van der Waals surface area (Å²) in [4.78, 5) is 13.6. The Morgan fingerprint density at radius 1 is 1.25 bits per heavy atom. The van der Waals surface area contributed by atoms with Gasteiger partial charge >= 0.3 is 0 Å². The molecule has 1 unspecified atom stereocenters. The van der Waals surface area contributed by atoms with Gasteiger partial charge in [-0.25, -0.2) is 8.42 Å². The van der Waals surface area contributed by atoms with E-state index in [1.165, 1.54) is 0 Å². The van der Waals surface area contributed by atoms with Crippen LogP contribution >= 0.6 is 0 Å².